The molecule has 12 heteroatoms. The summed E-state index contributed by atoms with van der Waals surface area (Å²) in [6.07, 6.45) is 1.75. The zero-order valence-corrected chi connectivity index (χ0v) is 24.7. The number of carbonyl (C=O) groups excluding carboxylic acids is 4. The fourth-order valence-electron chi connectivity index (χ4n) is 4.22. The first-order valence-electron chi connectivity index (χ1n) is 14.1. The van der Waals surface area contributed by atoms with Crippen molar-refractivity contribution in [1.82, 2.24) is 9.88 Å². The van der Waals surface area contributed by atoms with Gasteiger partial charge in [-0.25, -0.2) is 14.4 Å². The number of amides is 1. The van der Waals surface area contributed by atoms with Gasteiger partial charge in [0.15, 0.2) is 0 Å². The third kappa shape index (κ3) is 10.4. The van der Waals surface area contributed by atoms with Crippen LogP contribution in [0.2, 0.25) is 0 Å². The van der Waals surface area contributed by atoms with Gasteiger partial charge in [-0.1, -0.05) is 48.5 Å². The Bertz CT molecular complexity index is 1380. The molecule has 0 bridgehead atoms. The number of hydrogen-bond acceptors (Lipinski definition) is 10. The Morgan fingerprint density at radius 3 is 2.28 bits per heavy atom. The zero-order chi connectivity index (χ0) is 31.4. The highest BCUT2D eigenvalue weighted by Crippen LogP contribution is 2.23. The molecule has 0 aliphatic rings. The van der Waals surface area contributed by atoms with Crippen molar-refractivity contribution < 1.29 is 38.1 Å². The topological polar surface area (TPSA) is 174 Å². The van der Waals surface area contributed by atoms with Crippen LogP contribution in [0.3, 0.4) is 0 Å². The number of nitrogens with one attached hydrogen (secondary N) is 1. The molecule has 2 atom stereocenters. The molecule has 0 spiro atoms. The molecule has 0 fully saturated rings. The molecule has 0 saturated carbocycles. The van der Waals surface area contributed by atoms with Crippen LogP contribution in [0.25, 0.3) is 10.9 Å². The molecular formula is C31H40N4O8. The Morgan fingerprint density at radius 1 is 0.907 bits per heavy atom. The minimum atomic E-state index is -1.11. The number of alkyl carbamates (subject to hydrolysis) is 1. The van der Waals surface area contributed by atoms with Gasteiger partial charge in [0.1, 0.15) is 24.3 Å². The van der Waals surface area contributed by atoms with Crippen molar-refractivity contribution in [3.63, 3.8) is 0 Å². The predicted molar refractivity (Wildman–Crippen MR) is 159 cm³/mol. The molecule has 3 rings (SSSR count). The minimum absolute atomic E-state index is 0.0498. The molecule has 43 heavy (non-hydrogen) atoms. The molecule has 0 aliphatic heterocycles. The monoisotopic (exact) mass is 596 g/mol. The molecule has 232 valence electrons. The van der Waals surface area contributed by atoms with Crippen molar-refractivity contribution in [3.05, 3.63) is 71.9 Å². The molecule has 2 aromatic carbocycles. The number of fused-ring (bicyclic) bond motifs is 1. The van der Waals surface area contributed by atoms with Crippen LogP contribution in [0, 0.1) is 0 Å². The van der Waals surface area contributed by atoms with Crippen LogP contribution in [0.5, 0.6) is 0 Å². The lowest BCUT2D eigenvalue weighted by molar-refractivity contribution is -0.169. The van der Waals surface area contributed by atoms with Crippen molar-refractivity contribution in [2.75, 3.05) is 13.3 Å². The van der Waals surface area contributed by atoms with Crippen LogP contribution in [0.15, 0.2) is 60.8 Å². The van der Waals surface area contributed by atoms with E-state index in [1.165, 1.54) is 4.57 Å². The summed E-state index contributed by atoms with van der Waals surface area (Å²) in [6.45, 7) is 4.94. The number of ether oxygens (including phenoxy) is 4. The van der Waals surface area contributed by atoms with Crippen molar-refractivity contribution in [2.45, 2.75) is 70.7 Å². The van der Waals surface area contributed by atoms with Crippen LogP contribution < -0.4 is 16.8 Å². The summed E-state index contributed by atoms with van der Waals surface area (Å²) in [5.74, 6) is -1.60. The van der Waals surface area contributed by atoms with Crippen LogP contribution in [-0.2, 0) is 41.6 Å². The molecule has 1 heterocycles. The maximum absolute atomic E-state index is 12.9. The third-order valence-corrected chi connectivity index (χ3v) is 6.26. The van der Waals surface area contributed by atoms with Crippen molar-refractivity contribution in [2.24, 2.45) is 11.5 Å². The Kier molecular flexibility index (Phi) is 12.1. The molecule has 1 amide bonds. The van der Waals surface area contributed by atoms with E-state index < -0.39 is 48.6 Å². The number of rotatable bonds is 13. The van der Waals surface area contributed by atoms with Gasteiger partial charge >= 0.3 is 24.1 Å². The normalized spacial score (nSPS) is 12.7. The highest BCUT2D eigenvalue weighted by Gasteiger charge is 2.26. The molecule has 5 N–H and O–H groups in total. The van der Waals surface area contributed by atoms with Gasteiger partial charge in [0.2, 0.25) is 6.79 Å². The second-order valence-electron chi connectivity index (χ2n) is 10.9. The Labute approximate surface area is 250 Å². The maximum atomic E-state index is 12.9. The highest BCUT2D eigenvalue weighted by atomic mass is 16.7. The number of esters is 2. The molecule has 1 aromatic heterocycles. The van der Waals surface area contributed by atoms with Crippen molar-refractivity contribution in [1.29, 1.82) is 0 Å². The van der Waals surface area contributed by atoms with Gasteiger partial charge in [-0.05, 0) is 63.8 Å². The van der Waals surface area contributed by atoms with E-state index in [0.29, 0.717) is 30.5 Å². The molecule has 1 unspecified atom stereocenters. The smallest absolute Gasteiger partial charge is 0.418 e. The van der Waals surface area contributed by atoms with E-state index in [-0.39, 0.29) is 19.4 Å². The summed E-state index contributed by atoms with van der Waals surface area (Å²) < 4.78 is 22.3. The van der Waals surface area contributed by atoms with E-state index in [4.69, 9.17) is 30.4 Å². The van der Waals surface area contributed by atoms with Gasteiger partial charge in [-0.3, -0.25) is 9.36 Å². The average molecular weight is 597 g/mol. The standard InChI is InChI=1S/C31H40N4O8/c1-31(2,3)43-29(38)34-25(14-9-10-16-32)28(37)42-20-41-27(36)24(33)17-22-18-35(26-15-8-7-13-23(22)26)30(39)40-19-21-11-5-4-6-12-21/h4-8,11-13,15,18,24-25H,9-10,14,16-17,19-20,32-33H2,1-3H3,(H,34,38)/t24?,25-/m0/s1. The van der Waals surface area contributed by atoms with E-state index in [1.807, 2.05) is 42.5 Å². The number of hydrogen-bond donors (Lipinski definition) is 3. The fourth-order valence-corrected chi connectivity index (χ4v) is 4.22. The van der Waals surface area contributed by atoms with Gasteiger partial charge in [-0.15, -0.1) is 0 Å². The molecule has 12 nitrogen and oxygen atoms in total. The van der Waals surface area contributed by atoms with Crippen molar-refractivity contribution in [3.8, 4) is 0 Å². The van der Waals surface area contributed by atoms with E-state index in [9.17, 15) is 19.2 Å². The Balaban J connectivity index is 1.57. The molecular weight excluding hydrogens is 556 g/mol. The molecule has 3 aromatic rings. The number of carbonyl (C=O) groups is 4. The lowest BCUT2D eigenvalue weighted by Crippen LogP contribution is -2.44. The second-order valence-corrected chi connectivity index (χ2v) is 10.9. The predicted octanol–water partition coefficient (Wildman–Crippen LogP) is 3.76. The number of benzene rings is 2. The molecule has 0 radical (unpaired) electrons. The number of aromatic nitrogens is 1. The third-order valence-electron chi connectivity index (χ3n) is 6.26. The summed E-state index contributed by atoms with van der Waals surface area (Å²) in [5.41, 5.74) is 13.0. The summed E-state index contributed by atoms with van der Waals surface area (Å²) in [5, 5.41) is 3.22. The Morgan fingerprint density at radius 2 is 1.58 bits per heavy atom. The first-order valence-corrected chi connectivity index (χ1v) is 14.1. The number of unbranched alkanes of at least 4 members (excludes halogenated alkanes) is 1. The van der Waals surface area contributed by atoms with Crippen LogP contribution in [0.4, 0.5) is 9.59 Å². The van der Waals surface area contributed by atoms with E-state index >= 15 is 0 Å². The van der Waals surface area contributed by atoms with E-state index in [0.717, 1.165) is 10.9 Å². The first kappa shape index (κ1) is 33.1. The number of nitrogens with two attached hydrogens (primary N) is 2. The van der Waals surface area contributed by atoms with Crippen molar-refractivity contribution >= 4 is 35.0 Å². The van der Waals surface area contributed by atoms with E-state index in [1.54, 1.807) is 39.1 Å². The lowest BCUT2D eigenvalue weighted by Gasteiger charge is -2.23. The highest BCUT2D eigenvalue weighted by molar-refractivity contribution is 5.92. The molecule has 0 saturated heterocycles. The number of nitrogens with zero attached hydrogens (tertiary/aromatic N) is 1. The van der Waals surface area contributed by atoms with Gasteiger partial charge in [0, 0.05) is 18.0 Å². The Hall–Kier alpha value is -4.42. The summed E-state index contributed by atoms with van der Waals surface area (Å²) in [4.78, 5) is 50.3. The van der Waals surface area contributed by atoms with Gasteiger partial charge in [0.25, 0.3) is 0 Å². The summed E-state index contributed by atoms with van der Waals surface area (Å²) >= 11 is 0. The first-order chi connectivity index (χ1) is 20.5. The second kappa shape index (κ2) is 15.7. The quantitative estimate of drug-likeness (QED) is 0.114. The fraction of sp³-hybridized carbons (Fsp3) is 0.419. The van der Waals surface area contributed by atoms with Gasteiger partial charge in [0.05, 0.1) is 5.52 Å². The van der Waals surface area contributed by atoms with Gasteiger partial charge in [-0.2, -0.15) is 0 Å². The van der Waals surface area contributed by atoms with Crippen LogP contribution >= 0.6 is 0 Å². The SMILES string of the molecule is CC(C)(C)OC(=O)N[C@@H](CCCCN)C(=O)OCOC(=O)C(N)Cc1cn(C(=O)OCc2ccccc2)c2ccccc12. The minimum Gasteiger partial charge on any atom is -0.444 e. The lowest BCUT2D eigenvalue weighted by atomic mass is 10.1. The maximum Gasteiger partial charge on any atom is 0.418 e. The number of para-hydroxylation sites is 1. The zero-order valence-electron chi connectivity index (χ0n) is 24.7. The molecule has 0 aliphatic carbocycles. The van der Waals surface area contributed by atoms with Crippen LogP contribution in [-0.4, -0.2) is 59.7 Å². The average Bonchev–Trinajstić information content (AvgIpc) is 3.33. The summed E-state index contributed by atoms with van der Waals surface area (Å²) in [6, 6.07) is 14.4. The van der Waals surface area contributed by atoms with E-state index in [2.05, 4.69) is 5.32 Å². The van der Waals surface area contributed by atoms with Crippen LogP contribution in [0.1, 0.15) is 51.2 Å². The summed E-state index contributed by atoms with van der Waals surface area (Å²) in [7, 11) is 0. The van der Waals surface area contributed by atoms with Gasteiger partial charge < -0.3 is 35.7 Å². The largest absolute Gasteiger partial charge is 0.444 e.